The molecule has 170 valence electrons. The maximum Gasteiger partial charge on any atom is 0.278 e. The Morgan fingerprint density at radius 1 is 1.31 bits per heavy atom. The molecule has 1 aliphatic carbocycles. The minimum absolute atomic E-state index is 0.0547. The van der Waals surface area contributed by atoms with Crippen molar-refractivity contribution in [3.63, 3.8) is 0 Å². The summed E-state index contributed by atoms with van der Waals surface area (Å²) in [6.07, 6.45) is 6.82. The Balaban J connectivity index is 1.43. The van der Waals surface area contributed by atoms with Gasteiger partial charge in [-0.2, -0.15) is 10.2 Å². The summed E-state index contributed by atoms with van der Waals surface area (Å²) in [5.41, 5.74) is 0.608. The number of ether oxygens (including phenoxy) is 2. The van der Waals surface area contributed by atoms with Crippen LogP contribution in [0.25, 0.3) is 0 Å². The maximum atomic E-state index is 13.1. The summed E-state index contributed by atoms with van der Waals surface area (Å²) >= 11 is 0. The molecular weight excluding hydrogens is 420 g/mol. The van der Waals surface area contributed by atoms with Crippen LogP contribution >= 0.6 is 0 Å². The van der Waals surface area contributed by atoms with E-state index in [1.807, 2.05) is 0 Å². The molecule has 0 spiro atoms. The summed E-state index contributed by atoms with van der Waals surface area (Å²) in [4.78, 5) is 16.5. The van der Waals surface area contributed by atoms with Crippen molar-refractivity contribution in [2.24, 2.45) is 0 Å². The lowest BCUT2D eigenvalue weighted by molar-refractivity contribution is -0.0245. The van der Waals surface area contributed by atoms with Crippen LogP contribution in [0.1, 0.15) is 51.2 Å². The zero-order valence-electron chi connectivity index (χ0n) is 18.2. The molecule has 3 heterocycles. The summed E-state index contributed by atoms with van der Waals surface area (Å²) < 4.78 is 37.3. The SMILES string of the molecule is CC(F)(F)COc1ncncc1CNc1ncc(C#N)c(N[C@@H]2CC[C@]3(C)OC3(C)C2)n1. The first-order valence-corrected chi connectivity index (χ1v) is 10.4. The number of nitriles is 1. The molecule has 0 bridgehead atoms. The van der Waals surface area contributed by atoms with E-state index < -0.39 is 12.5 Å². The predicted octanol–water partition coefficient (Wildman–Crippen LogP) is 3.30. The maximum absolute atomic E-state index is 13.1. The van der Waals surface area contributed by atoms with E-state index in [0.29, 0.717) is 16.9 Å². The number of nitrogens with zero attached hydrogens (tertiary/aromatic N) is 5. The summed E-state index contributed by atoms with van der Waals surface area (Å²) in [6, 6.07) is 2.24. The van der Waals surface area contributed by atoms with Gasteiger partial charge in [0.2, 0.25) is 11.8 Å². The first-order chi connectivity index (χ1) is 15.1. The molecule has 1 unspecified atom stereocenters. The molecule has 1 aliphatic heterocycles. The van der Waals surface area contributed by atoms with Crippen molar-refractivity contribution in [1.29, 1.82) is 5.26 Å². The number of rotatable bonds is 8. The highest BCUT2D eigenvalue weighted by atomic mass is 19.3. The van der Waals surface area contributed by atoms with Crippen molar-refractivity contribution in [2.75, 3.05) is 17.2 Å². The summed E-state index contributed by atoms with van der Waals surface area (Å²) in [7, 11) is 0. The van der Waals surface area contributed by atoms with Gasteiger partial charge < -0.3 is 20.1 Å². The van der Waals surface area contributed by atoms with E-state index in [1.54, 1.807) is 0 Å². The van der Waals surface area contributed by atoms with E-state index in [9.17, 15) is 14.0 Å². The van der Waals surface area contributed by atoms with Crippen LogP contribution in [-0.4, -0.2) is 49.7 Å². The summed E-state index contributed by atoms with van der Waals surface area (Å²) in [5.74, 6) is -2.21. The average molecular weight is 445 g/mol. The Hall–Kier alpha value is -3.13. The Morgan fingerprint density at radius 3 is 2.84 bits per heavy atom. The van der Waals surface area contributed by atoms with Crippen molar-refractivity contribution in [3.05, 3.63) is 29.8 Å². The van der Waals surface area contributed by atoms with Crippen molar-refractivity contribution in [1.82, 2.24) is 19.9 Å². The summed E-state index contributed by atoms with van der Waals surface area (Å²) in [5, 5.41) is 15.8. The molecule has 32 heavy (non-hydrogen) atoms. The van der Waals surface area contributed by atoms with E-state index in [4.69, 9.17) is 9.47 Å². The van der Waals surface area contributed by atoms with E-state index in [-0.39, 0.29) is 35.6 Å². The molecule has 11 heteroatoms. The second-order valence-corrected chi connectivity index (χ2v) is 8.78. The number of nitrogens with one attached hydrogen (secondary N) is 2. The fourth-order valence-electron chi connectivity index (χ4n) is 4.01. The largest absolute Gasteiger partial charge is 0.471 e. The van der Waals surface area contributed by atoms with E-state index >= 15 is 0 Å². The van der Waals surface area contributed by atoms with Gasteiger partial charge in [-0.3, -0.25) is 0 Å². The lowest BCUT2D eigenvalue weighted by Crippen LogP contribution is -2.36. The zero-order chi connectivity index (χ0) is 23.0. The number of halogens is 2. The number of aromatic nitrogens is 4. The Kier molecular flexibility index (Phi) is 5.58. The Labute approximate surface area is 184 Å². The smallest absolute Gasteiger partial charge is 0.278 e. The quantitative estimate of drug-likeness (QED) is 0.590. The Bertz CT molecular complexity index is 1040. The van der Waals surface area contributed by atoms with Crippen LogP contribution in [0.5, 0.6) is 5.88 Å². The molecule has 2 fully saturated rings. The minimum Gasteiger partial charge on any atom is -0.471 e. The monoisotopic (exact) mass is 445 g/mol. The van der Waals surface area contributed by atoms with Crippen LogP contribution in [0, 0.1) is 11.3 Å². The predicted molar refractivity (Wildman–Crippen MR) is 111 cm³/mol. The molecule has 1 saturated carbocycles. The van der Waals surface area contributed by atoms with Gasteiger partial charge in [0, 0.05) is 25.7 Å². The summed E-state index contributed by atoms with van der Waals surface area (Å²) in [6.45, 7) is 4.37. The number of alkyl halides is 2. The standard InChI is InChI=1S/C21H25F2N7O2/c1-19-5-4-15(6-20(19,2)32-19)29-16-13(7-24)9-26-18(30-16)27-10-14-8-25-12-28-17(14)31-11-21(3,22)23/h8-9,12,15H,4-6,10-11H2,1-3H3,(H2,26,27,29,30)/t15-,19+,20?/m1/s1. The minimum atomic E-state index is -2.98. The third kappa shape index (κ3) is 4.70. The molecule has 3 atom stereocenters. The van der Waals surface area contributed by atoms with Gasteiger partial charge in [0.15, 0.2) is 6.61 Å². The molecule has 4 rings (SSSR count). The van der Waals surface area contributed by atoms with Gasteiger partial charge in [0.05, 0.1) is 23.0 Å². The number of epoxide rings is 1. The fraction of sp³-hybridized carbons (Fsp3) is 0.571. The van der Waals surface area contributed by atoms with Crippen molar-refractivity contribution in [2.45, 2.75) is 69.7 Å². The molecule has 2 aromatic rings. The van der Waals surface area contributed by atoms with Crippen LogP contribution in [0.4, 0.5) is 20.5 Å². The number of hydrogen-bond acceptors (Lipinski definition) is 9. The molecule has 0 amide bonds. The topological polar surface area (TPSA) is 121 Å². The van der Waals surface area contributed by atoms with Crippen molar-refractivity contribution in [3.8, 4) is 11.9 Å². The second-order valence-electron chi connectivity index (χ2n) is 8.78. The molecular formula is C21H25F2N7O2. The molecule has 2 aromatic heterocycles. The highest BCUT2D eigenvalue weighted by Crippen LogP contribution is 2.57. The highest BCUT2D eigenvalue weighted by molar-refractivity contribution is 5.54. The molecule has 0 aromatic carbocycles. The molecule has 2 aliphatic rings. The van der Waals surface area contributed by atoms with Crippen LogP contribution in [-0.2, 0) is 11.3 Å². The first kappa shape index (κ1) is 22.1. The van der Waals surface area contributed by atoms with Crippen molar-refractivity contribution >= 4 is 11.8 Å². The van der Waals surface area contributed by atoms with Gasteiger partial charge in [0.25, 0.3) is 5.92 Å². The van der Waals surface area contributed by atoms with Gasteiger partial charge in [-0.05, 0) is 33.1 Å². The molecule has 9 nitrogen and oxygen atoms in total. The first-order valence-electron chi connectivity index (χ1n) is 10.4. The van der Waals surface area contributed by atoms with Gasteiger partial charge in [-0.15, -0.1) is 0 Å². The van der Waals surface area contributed by atoms with E-state index in [0.717, 1.165) is 26.2 Å². The van der Waals surface area contributed by atoms with Gasteiger partial charge >= 0.3 is 0 Å². The second kappa shape index (κ2) is 8.09. The lowest BCUT2D eigenvalue weighted by atomic mass is 9.79. The molecule has 1 saturated heterocycles. The third-order valence-corrected chi connectivity index (χ3v) is 6.03. The van der Waals surface area contributed by atoms with Crippen LogP contribution in [0.3, 0.4) is 0 Å². The van der Waals surface area contributed by atoms with Gasteiger partial charge in [-0.25, -0.2) is 23.7 Å². The molecule has 2 N–H and O–H groups in total. The number of fused-ring (bicyclic) bond motifs is 1. The van der Waals surface area contributed by atoms with Crippen molar-refractivity contribution < 1.29 is 18.3 Å². The normalized spacial score (nSPS) is 26.6. The van der Waals surface area contributed by atoms with Crippen LogP contribution in [0.15, 0.2) is 18.7 Å². The van der Waals surface area contributed by atoms with Gasteiger partial charge in [-0.1, -0.05) is 0 Å². The average Bonchev–Trinajstić information content (AvgIpc) is 3.32. The van der Waals surface area contributed by atoms with E-state index in [2.05, 4.69) is 50.5 Å². The molecule has 0 radical (unpaired) electrons. The number of hydrogen-bond donors (Lipinski definition) is 2. The zero-order valence-corrected chi connectivity index (χ0v) is 18.2. The third-order valence-electron chi connectivity index (χ3n) is 6.03. The highest BCUT2D eigenvalue weighted by Gasteiger charge is 2.65. The Morgan fingerprint density at radius 2 is 2.12 bits per heavy atom. The lowest BCUT2D eigenvalue weighted by Gasteiger charge is -2.28. The number of anilines is 2. The van der Waals surface area contributed by atoms with Crippen LogP contribution < -0.4 is 15.4 Å². The van der Waals surface area contributed by atoms with E-state index in [1.165, 1.54) is 18.7 Å². The van der Waals surface area contributed by atoms with Gasteiger partial charge in [0.1, 0.15) is 23.8 Å². The van der Waals surface area contributed by atoms with Crippen LogP contribution in [0.2, 0.25) is 0 Å². The fourth-order valence-corrected chi connectivity index (χ4v) is 4.01.